The fourth-order valence-corrected chi connectivity index (χ4v) is 4.06. The van der Waals surface area contributed by atoms with Gasteiger partial charge in [-0.1, -0.05) is 17.7 Å². The van der Waals surface area contributed by atoms with Crippen LogP contribution >= 0.6 is 11.6 Å². The topological polar surface area (TPSA) is 120 Å². The second kappa shape index (κ2) is 7.81. The van der Waals surface area contributed by atoms with Crippen LogP contribution in [0.4, 0.5) is 0 Å². The predicted molar refractivity (Wildman–Crippen MR) is 100 cm³/mol. The summed E-state index contributed by atoms with van der Waals surface area (Å²) >= 11 is 5.93. The second-order valence-corrected chi connectivity index (χ2v) is 7.68. The Hall–Kier alpha value is -2.16. The molecule has 0 spiro atoms. The Balaban J connectivity index is 2.68. The predicted octanol–water partition coefficient (Wildman–Crippen LogP) is 1.78. The summed E-state index contributed by atoms with van der Waals surface area (Å²) in [6.07, 6.45) is 2.29. The Morgan fingerprint density at radius 3 is 2.76 bits per heavy atom. The molecule has 1 aromatic rings. The van der Waals surface area contributed by atoms with Crippen molar-refractivity contribution in [2.45, 2.75) is 18.2 Å². The summed E-state index contributed by atoms with van der Waals surface area (Å²) in [6.45, 7) is 2.17. The third kappa shape index (κ3) is 4.28. The number of hydrogen-bond donors (Lipinski definition) is 4. The molecule has 5 N–H and O–H groups in total. The van der Waals surface area contributed by atoms with E-state index in [1.54, 1.807) is 25.1 Å². The number of amidine groups is 1. The molecule has 1 heterocycles. The largest absolute Gasteiger partial charge is 0.372 e. The fraction of sp³-hybridized carbons (Fsp3) is 0.250. The lowest BCUT2D eigenvalue weighted by molar-refractivity contribution is 0.602. The van der Waals surface area contributed by atoms with E-state index in [4.69, 9.17) is 22.7 Å². The molecule has 1 aromatic carbocycles. The molecule has 0 radical (unpaired) electrons. The van der Waals surface area contributed by atoms with Gasteiger partial charge in [0.1, 0.15) is 5.84 Å². The van der Waals surface area contributed by atoms with Crippen LogP contribution in [0.2, 0.25) is 5.02 Å². The minimum atomic E-state index is -4.02. The smallest absolute Gasteiger partial charge is 0.213 e. The fourth-order valence-electron chi connectivity index (χ4n) is 2.31. The summed E-state index contributed by atoms with van der Waals surface area (Å²) in [7, 11) is -2.54. The Bertz CT molecular complexity index is 888. The molecule has 0 saturated heterocycles. The summed E-state index contributed by atoms with van der Waals surface area (Å²) in [6, 6.07) is 5.90. The van der Waals surface area contributed by atoms with E-state index in [-0.39, 0.29) is 21.5 Å². The molecule has 0 bridgehead atoms. The van der Waals surface area contributed by atoms with E-state index in [1.165, 1.54) is 19.2 Å². The van der Waals surface area contributed by atoms with Crippen molar-refractivity contribution in [2.75, 3.05) is 13.6 Å². The maximum Gasteiger partial charge on any atom is 0.213 e. The van der Waals surface area contributed by atoms with Crippen molar-refractivity contribution < 1.29 is 8.42 Å². The zero-order chi connectivity index (χ0) is 18.6. The number of aliphatic imine (C=N–C) groups is 1. The van der Waals surface area contributed by atoms with E-state index in [1.807, 2.05) is 0 Å². The van der Waals surface area contributed by atoms with Crippen LogP contribution in [0.5, 0.6) is 0 Å². The van der Waals surface area contributed by atoms with Crippen LogP contribution in [-0.4, -0.2) is 33.6 Å². The van der Waals surface area contributed by atoms with Gasteiger partial charge < -0.3 is 16.4 Å². The first-order valence-corrected chi connectivity index (χ1v) is 9.40. The van der Waals surface area contributed by atoms with Crippen molar-refractivity contribution in [1.29, 1.82) is 5.41 Å². The lowest BCUT2D eigenvalue weighted by atomic mass is 10.2. The average molecular weight is 382 g/mol. The molecule has 0 aliphatic carbocycles. The quantitative estimate of drug-likeness (QED) is 0.457. The molecule has 1 aliphatic rings. The third-order valence-electron chi connectivity index (χ3n) is 3.42. The van der Waals surface area contributed by atoms with Gasteiger partial charge in [0.15, 0.2) is 10.7 Å². The molecule has 25 heavy (non-hydrogen) atoms. The van der Waals surface area contributed by atoms with Gasteiger partial charge in [0.05, 0.1) is 4.90 Å². The number of nitrogens with zero attached hydrogens (tertiary/aromatic N) is 1. The van der Waals surface area contributed by atoms with Gasteiger partial charge in [0.2, 0.25) is 9.84 Å². The zero-order valence-electron chi connectivity index (χ0n) is 13.9. The standard InChI is InChI=1S/C16H20ClN5O2S/c1-10-8-12(6-7-18)22-16(21-10)14(15(19)20-2)25(23,24)13-5-3-4-11(17)9-13/h3-5,8-9,21H,6-7,18H2,1-2H3,(H2,19,20)/b16-14-. The molecule has 0 atom stereocenters. The molecular formula is C16H20ClN5O2S. The van der Waals surface area contributed by atoms with Crippen LogP contribution in [0, 0.1) is 5.41 Å². The van der Waals surface area contributed by atoms with Crippen LogP contribution in [0.15, 0.2) is 56.7 Å². The number of hydrogen-bond acceptors (Lipinski definition) is 6. The number of halogens is 1. The zero-order valence-corrected chi connectivity index (χ0v) is 15.5. The van der Waals surface area contributed by atoms with Crippen molar-refractivity contribution in [3.8, 4) is 0 Å². The van der Waals surface area contributed by atoms with Gasteiger partial charge >= 0.3 is 0 Å². The van der Waals surface area contributed by atoms with Gasteiger partial charge in [-0.3, -0.25) is 5.41 Å². The monoisotopic (exact) mass is 381 g/mol. The van der Waals surface area contributed by atoms with E-state index >= 15 is 0 Å². The molecule has 9 heteroatoms. The molecule has 0 amide bonds. The molecular weight excluding hydrogens is 362 g/mol. The third-order valence-corrected chi connectivity index (χ3v) is 5.47. The van der Waals surface area contributed by atoms with Crippen LogP contribution < -0.4 is 16.4 Å². The molecule has 2 rings (SSSR count). The summed E-state index contributed by atoms with van der Waals surface area (Å²) < 4.78 is 26.2. The van der Waals surface area contributed by atoms with Crippen molar-refractivity contribution in [3.63, 3.8) is 0 Å². The molecule has 134 valence electrons. The summed E-state index contributed by atoms with van der Waals surface area (Å²) in [5.41, 5.74) is 6.94. The molecule has 1 aliphatic heterocycles. The average Bonchev–Trinajstić information content (AvgIpc) is 2.54. The summed E-state index contributed by atoms with van der Waals surface area (Å²) in [4.78, 5) is 4.08. The summed E-state index contributed by atoms with van der Waals surface area (Å²) in [5.74, 6) is -0.184. The second-order valence-electron chi connectivity index (χ2n) is 5.36. The molecule has 0 saturated carbocycles. The van der Waals surface area contributed by atoms with Crippen molar-refractivity contribution in [3.05, 3.63) is 51.8 Å². The maximum absolute atomic E-state index is 13.1. The summed E-state index contributed by atoms with van der Waals surface area (Å²) in [5, 5.41) is 13.9. The maximum atomic E-state index is 13.1. The molecule has 0 aromatic heterocycles. The number of nitrogens with one attached hydrogen (secondary N) is 3. The molecule has 7 nitrogen and oxygen atoms in total. The first kappa shape index (κ1) is 19.2. The first-order valence-electron chi connectivity index (χ1n) is 7.54. The van der Waals surface area contributed by atoms with Crippen LogP contribution in [0.1, 0.15) is 13.3 Å². The lowest BCUT2D eigenvalue weighted by Gasteiger charge is -2.19. The van der Waals surface area contributed by atoms with Gasteiger partial charge in [0.25, 0.3) is 0 Å². The Morgan fingerprint density at radius 1 is 1.44 bits per heavy atom. The highest BCUT2D eigenvalue weighted by Crippen LogP contribution is 2.26. The van der Waals surface area contributed by atoms with E-state index in [2.05, 4.69) is 15.6 Å². The highest BCUT2D eigenvalue weighted by Gasteiger charge is 2.29. The minimum absolute atomic E-state index is 0.00733. The highest BCUT2D eigenvalue weighted by atomic mass is 35.5. The van der Waals surface area contributed by atoms with Gasteiger partial charge in [-0.25, -0.2) is 13.4 Å². The Labute approximate surface area is 152 Å². The van der Waals surface area contributed by atoms with E-state index in [0.29, 0.717) is 23.7 Å². The first-order chi connectivity index (χ1) is 11.8. The van der Waals surface area contributed by atoms with E-state index in [0.717, 1.165) is 5.70 Å². The number of sulfone groups is 1. The highest BCUT2D eigenvalue weighted by molar-refractivity contribution is 7.96. The van der Waals surface area contributed by atoms with Crippen molar-refractivity contribution >= 4 is 33.0 Å². The van der Waals surface area contributed by atoms with Crippen molar-refractivity contribution in [1.82, 2.24) is 10.6 Å². The Kier molecular flexibility index (Phi) is 5.99. The SMILES string of the molecule is CNC(=N)/C(=C1/N=C(CCN)C=C(C)N1)S(=O)(=O)c1cccc(Cl)c1. The number of nitrogens with two attached hydrogens (primary N) is 1. The van der Waals surface area contributed by atoms with Crippen LogP contribution in [0.25, 0.3) is 0 Å². The van der Waals surface area contributed by atoms with Crippen molar-refractivity contribution in [2.24, 2.45) is 10.7 Å². The minimum Gasteiger partial charge on any atom is -0.372 e. The van der Waals surface area contributed by atoms with Gasteiger partial charge in [0, 0.05) is 29.9 Å². The van der Waals surface area contributed by atoms with Crippen LogP contribution in [-0.2, 0) is 9.84 Å². The van der Waals surface area contributed by atoms with Gasteiger partial charge in [-0.15, -0.1) is 0 Å². The number of rotatable bonds is 5. The molecule has 0 unspecified atom stereocenters. The van der Waals surface area contributed by atoms with Crippen LogP contribution in [0.3, 0.4) is 0 Å². The normalized spacial score (nSPS) is 16.5. The number of likely N-dealkylation sites (N-methyl/N-ethyl adjacent to an activating group) is 1. The van der Waals surface area contributed by atoms with E-state index < -0.39 is 9.84 Å². The molecule has 0 fully saturated rings. The number of allylic oxidation sites excluding steroid dienone is 2. The number of benzene rings is 1. The van der Waals surface area contributed by atoms with Gasteiger partial charge in [-0.2, -0.15) is 0 Å². The Morgan fingerprint density at radius 2 is 2.16 bits per heavy atom. The van der Waals surface area contributed by atoms with E-state index in [9.17, 15) is 8.42 Å². The van der Waals surface area contributed by atoms with Gasteiger partial charge in [-0.05, 0) is 37.7 Å². The lowest BCUT2D eigenvalue weighted by Crippen LogP contribution is -2.30.